The Morgan fingerprint density at radius 3 is 1.62 bits per heavy atom. The molecule has 0 aliphatic carbocycles. The van der Waals surface area contributed by atoms with Crippen LogP contribution < -0.4 is 58.1 Å². The second-order valence-corrected chi connectivity index (χ2v) is 31.8. The Morgan fingerprint density at radius 2 is 1.15 bits per heavy atom. The van der Waals surface area contributed by atoms with Gasteiger partial charge in [0.05, 0.1) is 194 Å². The number of methoxy groups -OCH3 is 2. The number of rotatable bonds is 19. The third-order valence-electron chi connectivity index (χ3n) is 14.8. The number of hydrogen-bond donors (Lipinski definition) is 9. The predicted octanol–water partition coefficient (Wildman–Crippen LogP) is 5.83. The Hall–Kier alpha value is -8.35. The van der Waals surface area contributed by atoms with Gasteiger partial charge < -0.3 is 67.5 Å². The van der Waals surface area contributed by atoms with Crippen LogP contribution in [0.1, 0.15) is 156 Å². The van der Waals surface area contributed by atoms with Crippen molar-refractivity contribution in [3.8, 4) is 16.8 Å². The van der Waals surface area contributed by atoms with Crippen molar-refractivity contribution in [1.82, 2.24) is 81.1 Å². The Kier molecular flexibility index (Phi) is 34.9. The molecule has 574 valence electrons. The number of nitrogens with zero attached hydrogens (tertiary/aromatic N) is 13. The molecule has 0 radical (unpaired) electrons. The average molecular weight is 1860 g/mol. The van der Waals surface area contributed by atoms with E-state index in [1.807, 2.05) is 4.57 Å². The fourth-order valence-electron chi connectivity index (χ4n) is 10.2. The van der Waals surface area contributed by atoms with E-state index >= 15 is 0 Å². The summed E-state index contributed by atoms with van der Waals surface area (Å²) in [6.07, 6.45) is 8.79. The van der Waals surface area contributed by atoms with Crippen LogP contribution >= 0.6 is 133 Å². The number of nitrogens with one attached hydrogen (secondary N) is 4. The molecule has 12 rings (SSSR count). The number of halogens is 5. The van der Waals surface area contributed by atoms with Crippen LogP contribution in [0.3, 0.4) is 0 Å². The van der Waals surface area contributed by atoms with Crippen molar-refractivity contribution in [2.45, 2.75) is 110 Å². The molecule has 0 saturated carbocycles. The van der Waals surface area contributed by atoms with E-state index in [1.54, 1.807) is 80.9 Å². The lowest BCUT2D eigenvalue weighted by Gasteiger charge is -2.26. The molecule has 12 N–H and O–H groups in total. The largest absolute Gasteiger partial charge is 0.509 e. The van der Waals surface area contributed by atoms with Gasteiger partial charge >= 0.3 is 24.9 Å². The molecule has 12 heterocycles. The van der Waals surface area contributed by atoms with Gasteiger partial charge in [0.15, 0.2) is 17.9 Å². The summed E-state index contributed by atoms with van der Waals surface area (Å²) >= 11 is 20.5. The molecular weight excluding hydrogens is 1790 g/mol. The van der Waals surface area contributed by atoms with Crippen LogP contribution in [0.4, 0.5) is 11.9 Å². The number of anilines is 2. The first-order valence-electron chi connectivity index (χ1n) is 31.4. The van der Waals surface area contributed by atoms with Gasteiger partial charge in [0.25, 0.3) is 16.8 Å². The highest BCUT2D eigenvalue weighted by Gasteiger charge is 2.40. The third kappa shape index (κ3) is 24.6. The minimum Gasteiger partial charge on any atom is -0.480 e. The van der Waals surface area contributed by atoms with Gasteiger partial charge in [0.1, 0.15) is 23.5 Å². The smallest absolute Gasteiger partial charge is 0.480 e. The fourth-order valence-corrected chi connectivity index (χ4v) is 15.9. The minimum absolute atomic E-state index is 0. The van der Waals surface area contributed by atoms with Gasteiger partial charge in [-0.3, -0.25) is 48.1 Å². The number of carbonyl (C=O) groups is 9. The summed E-state index contributed by atoms with van der Waals surface area (Å²) in [6, 6.07) is -1.95. The maximum absolute atomic E-state index is 12.6. The molecule has 4 amide bonds. The molecule has 0 aromatic carbocycles. The van der Waals surface area contributed by atoms with E-state index in [1.165, 1.54) is 90.0 Å². The number of ether oxygens (including phenoxy) is 4. The van der Waals surface area contributed by atoms with Crippen LogP contribution in [0.15, 0.2) is 73.7 Å². The fraction of sp³-hybridized carbons (Fsp3) is 0.355. The molecule has 6 atom stereocenters. The first-order chi connectivity index (χ1) is 51.0. The van der Waals surface area contributed by atoms with Gasteiger partial charge in [-0.05, 0) is 105 Å². The van der Waals surface area contributed by atoms with E-state index in [0.29, 0.717) is 76.3 Å². The normalized spacial score (nSPS) is 15.7. The zero-order valence-corrected chi connectivity index (χ0v) is 69.4. The Balaban J connectivity index is 0.000000206. The number of fused-ring (bicyclic) bond motifs is 2. The number of piperidine rings is 1. The van der Waals surface area contributed by atoms with Crippen LogP contribution in [0.5, 0.6) is 11.8 Å². The van der Waals surface area contributed by atoms with Crippen LogP contribution in [-0.4, -0.2) is 157 Å². The number of amides is 4. The summed E-state index contributed by atoms with van der Waals surface area (Å²) in [7, 11) is 1.41. The highest BCUT2D eigenvalue weighted by molar-refractivity contribution is 9.11. The highest BCUT2D eigenvalue weighted by Crippen LogP contribution is 2.35. The van der Waals surface area contributed by atoms with E-state index < -0.39 is 54.7 Å². The van der Waals surface area contributed by atoms with E-state index in [0.717, 1.165) is 31.5 Å². The van der Waals surface area contributed by atoms with E-state index in [2.05, 4.69) is 145 Å². The van der Waals surface area contributed by atoms with Gasteiger partial charge in [-0.1, -0.05) is 11.3 Å². The summed E-state index contributed by atoms with van der Waals surface area (Å²) in [5.41, 5.74) is 32.6. The molecule has 108 heavy (non-hydrogen) atoms. The van der Waals surface area contributed by atoms with Crippen molar-refractivity contribution in [2.24, 2.45) is 11.7 Å². The zero-order chi connectivity index (χ0) is 78.3. The van der Waals surface area contributed by atoms with Gasteiger partial charge in [0, 0.05) is 25.5 Å². The maximum atomic E-state index is 12.6. The Labute approximate surface area is 676 Å². The SMILES string of the molecule is CC(=O)C1C(=O)CC(c2ncsc2Br)NC1=O.CCOC(=O)C[C@@H](N)c1ncsc1Br.CCOC(=O)C[C@@H](NC(=O)CC(C)=O)c1ncsc1Br.COc1cncc(B(O)O)n1.COc1cncc[n+]1-c1scnc1C1Cc2nc(N)nc(C)c2C(=O)N1.Cc1nc(N)nc2c1C(=O)NC(c1ncsc1Br)C2.Cl. The van der Waals surface area contributed by atoms with E-state index in [-0.39, 0.29) is 110 Å². The Morgan fingerprint density at radius 1 is 0.648 bits per heavy atom. The molecule has 4 unspecified atom stereocenters. The lowest BCUT2D eigenvalue weighted by atomic mass is 9.87. The van der Waals surface area contributed by atoms with E-state index in [4.69, 9.17) is 46.2 Å². The first kappa shape index (κ1) is 88.6. The minimum atomic E-state index is -1.60. The van der Waals surface area contributed by atoms with Crippen LogP contribution in [0, 0.1) is 19.8 Å². The number of aromatic nitrogens is 13. The summed E-state index contributed by atoms with van der Waals surface area (Å²) in [4.78, 5) is 154. The number of hydrogen-bond acceptors (Lipinski definition) is 35. The molecule has 3 aliphatic rings. The van der Waals surface area contributed by atoms with Gasteiger partial charge in [0.2, 0.25) is 29.6 Å². The van der Waals surface area contributed by atoms with Crippen molar-refractivity contribution in [3.63, 3.8) is 0 Å². The molecule has 46 heteroatoms. The summed E-state index contributed by atoms with van der Waals surface area (Å²) in [5, 5.41) is 29.3. The molecule has 1 saturated heterocycles. The molecule has 9 aromatic rings. The maximum Gasteiger partial charge on any atom is 0.509 e. The van der Waals surface area contributed by atoms with Crippen LogP contribution in [-0.2, 0) is 55.9 Å². The van der Waals surface area contributed by atoms with Crippen LogP contribution in [0.2, 0.25) is 0 Å². The molecule has 0 bridgehead atoms. The van der Waals surface area contributed by atoms with Gasteiger partial charge in [-0.25, -0.2) is 54.8 Å². The second kappa shape index (κ2) is 42.6. The number of ketones is 3. The summed E-state index contributed by atoms with van der Waals surface area (Å²) in [6.45, 7) is 10.2. The van der Waals surface area contributed by atoms with Crippen molar-refractivity contribution in [1.29, 1.82) is 0 Å². The standard InChI is InChI=1S/C16H15N7O2S.C12H15BrN2O4S.C11H10BrN5OS.C10H9BrN2O3S.C8H11BrN2O2S.C5H7BN2O3.ClH/c1-8-12-9(22-16(17)20-8)5-10(21-14(12)24)13-15(26-7-19-13)23-4-3-18-6-11(23)25-2;1-3-19-10(18)5-8(11-12(13)20-6-14-11)15-9(17)4-7(2)16;1-4-7-5(17-11(13)15-4)2-6(16-10(7)18)8-9(12)19-3-14-8;1-4(14)7-6(15)2-5(13-10(7)16)8-9(11)17-3-12-8;1-2-13-6(12)3-5(10)7-8(9)14-4-11-7;1-11-5-3-7-2-4(8-5)6(9)10;/h3-4,6-7,10H,5H2,1-2H3,(H2-,17,20,21,22,24);6,8H,3-5H2,1-2H3,(H,15,17);3,6H,2H2,1H3,(H,16,18)(H2,13,15,17);3,5,7H,2H2,1H3,(H,13,16);4-5H,2-3,10H2,1H3;2-3,9-10H,1H3;1H/p+1/t;8-;;;5-;;/m.1..1../s1. The lowest BCUT2D eigenvalue weighted by Crippen LogP contribution is -2.47. The van der Waals surface area contributed by atoms with E-state index in [9.17, 15) is 43.2 Å². The molecule has 35 nitrogen and oxygen atoms in total. The highest BCUT2D eigenvalue weighted by atomic mass is 79.9. The first-order valence-corrected chi connectivity index (χ1v) is 39.0. The van der Waals surface area contributed by atoms with Crippen molar-refractivity contribution >= 4 is 210 Å². The third-order valence-corrected chi connectivity index (χ3v) is 22.0. The number of carbonyl (C=O) groups excluding carboxylic acids is 9. The molecule has 3 aliphatic heterocycles. The Bertz CT molecular complexity index is 4660. The molecule has 9 aromatic heterocycles. The number of aryl methyl sites for hydroxylation is 2. The zero-order valence-electron chi connectivity index (χ0n) is 58.2. The topological polar surface area (TPSA) is 516 Å². The van der Waals surface area contributed by atoms with Gasteiger partial charge in [-0.2, -0.15) is 0 Å². The monoisotopic (exact) mass is 1860 g/mol. The van der Waals surface area contributed by atoms with Crippen molar-refractivity contribution in [3.05, 3.63) is 136 Å². The molecule has 0 spiro atoms. The summed E-state index contributed by atoms with van der Waals surface area (Å²) in [5.74, 6) is -3.04. The average Bonchev–Trinajstić information content (AvgIpc) is 1.18. The quantitative estimate of drug-likeness (QED) is 0.0199. The molecule has 1 fully saturated rings. The van der Waals surface area contributed by atoms with Crippen LogP contribution in [0.25, 0.3) is 5.00 Å². The number of Topliss-reactive ketones (excluding diaryl/α,β-unsaturated/α-hetero) is 3. The number of nitrogen functional groups attached to an aromatic ring is 2. The summed E-state index contributed by atoms with van der Waals surface area (Å²) < 4.78 is 24.9. The number of esters is 2. The predicted molar refractivity (Wildman–Crippen MR) is 413 cm³/mol. The second-order valence-electron chi connectivity index (χ2n) is 22.3. The lowest BCUT2D eigenvalue weighted by molar-refractivity contribution is -0.600. The number of nitrogens with two attached hydrogens (primary N) is 3. The van der Waals surface area contributed by atoms with Crippen molar-refractivity contribution < 1.29 is 76.7 Å². The number of thiazole rings is 5. The van der Waals surface area contributed by atoms with Crippen molar-refractivity contribution in [2.75, 3.05) is 38.9 Å². The van der Waals surface area contributed by atoms with Gasteiger partial charge in [-0.15, -0.1) is 62.3 Å². The molecular formula is C62H69BBr4ClN20O15S5+.